The highest BCUT2D eigenvalue weighted by molar-refractivity contribution is 6.33. The van der Waals surface area contributed by atoms with Crippen molar-refractivity contribution in [1.29, 1.82) is 0 Å². The van der Waals surface area contributed by atoms with E-state index >= 15 is 0 Å². The molecule has 0 aliphatic rings. The number of amides is 1. The van der Waals surface area contributed by atoms with Crippen LogP contribution in [0.4, 0.5) is 5.69 Å². The van der Waals surface area contributed by atoms with Gasteiger partial charge in [-0.25, -0.2) is 0 Å². The average Bonchev–Trinajstić information content (AvgIpc) is 2.41. The molecule has 0 aliphatic heterocycles. The highest BCUT2D eigenvalue weighted by Gasteiger charge is 2.16. The Morgan fingerprint density at radius 2 is 1.95 bits per heavy atom. The van der Waals surface area contributed by atoms with Crippen LogP contribution in [-0.4, -0.2) is 5.91 Å². The lowest BCUT2D eigenvalue weighted by Crippen LogP contribution is -2.22. The molecule has 3 heteroatoms. The summed E-state index contributed by atoms with van der Waals surface area (Å²) in [5, 5.41) is 3.53. The minimum Gasteiger partial charge on any atom is -0.325 e. The van der Waals surface area contributed by atoms with Crippen molar-refractivity contribution in [3.8, 4) is 0 Å². The van der Waals surface area contributed by atoms with Crippen molar-refractivity contribution in [1.82, 2.24) is 0 Å². The Labute approximate surface area is 121 Å². The number of para-hydroxylation sites is 1. The van der Waals surface area contributed by atoms with Crippen LogP contribution in [0.3, 0.4) is 0 Å². The zero-order valence-corrected chi connectivity index (χ0v) is 12.7. The molecular formula is C16H24ClNO. The topological polar surface area (TPSA) is 29.1 Å². The maximum atomic E-state index is 12.2. The van der Waals surface area contributed by atoms with Gasteiger partial charge in [0.15, 0.2) is 0 Å². The number of benzene rings is 1. The summed E-state index contributed by atoms with van der Waals surface area (Å²) in [5.41, 5.74) is 0.709. The predicted molar refractivity (Wildman–Crippen MR) is 82.6 cm³/mol. The average molecular weight is 282 g/mol. The largest absolute Gasteiger partial charge is 0.325 e. The van der Waals surface area contributed by atoms with Gasteiger partial charge in [-0.1, -0.05) is 63.3 Å². The molecule has 1 aromatic rings. The molecule has 1 unspecified atom stereocenters. The van der Waals surface area contributed by atoms with Gasteiger partial charge < -0.3 is 5.32 Å². The van der Waals surface area contributed by atoms with Crippen LogP contribution < -0.4 is 5.32 Å². The fourth-order valence-corrected chi connectivity index (χ4v) is 2.32. The number of nitrogens with one attached hydrogen (secondary N) is 1. The van der Waals surface area contributed by atoms with Crippen molar-refractivity contribution in [3.05, 3.63) is 29.3 Å². The molecule has 1 aromatic carbocycles. The molecule has 1 N–H and O–H groups in total. The Kier molecular flexibility index (Phi) is 7.57. The van der Waals surface area contributed by atoms with Crippen molar-refractivity contribution in [2.24, 2.45) is 5.92 Å². The molecule has 0 saturated carbocycles. The molecule has 1 amide bonds. The van der Waals surface area contributed by atoms with Crippen molar-refractivity contribution < 1.29 is 4.79 Å². The highest BCUT2D eigenvalue weighted by atomic mass is 35.5. The Morgan fingerprint density at radius 3 is 2.58 bits per heavy atom. The van der Waals surface area contributed by atoms with Crippen LogP contribution >= 0.6 is 11.6 Å². The Balaban J connectivity index is 2.47. The van der Waals surface area contributed by atoms with E-state index in [0.29, 0.717) is 10.7 Å². The highest BCUT2D eigenvalue weighted by Crippen LogP contribution is 2.23. The van der Waals surface area contributed by atoms with Gasteiger partial charge >= 0.3 is 0 Å². The molecule has 0 aliphatic carbocycles. The van der Waals surface area contributed by atoms with Crippen molar-refractivity contribution in [3.63, 3.8) is 0 Å². The van der Waals surface area contributed by atoms with E-state index in [-0.39, 0.29) is 11.8 Å². The zero-order valence-electron chi connectivity index (χ0n) is 11.9. The summed E-state index contributed by atoms with van der Waals surface area (Å²) in [4.78, 5) is 12.2. The fourth-order valence-electron chi connectivity index (χ4n) is 2.14. The normalized spacial score (nSPS) is 12.2. The lowest BCUT2D eigenvalue weighted by molar-refractivity contribution is -0.120. The number of rotatable bonds is 8. The van der Waals surface area contributed by atoms with E-state index < -0.39 is 0 Å². The second kappa shape index (κ2) is 8.98. The van der Waals surface area contributed by atoms with Gasteiger partial charge in [-0.3, -0.25) is 4.79 Å². The third-order valence-electron chi connectivity index (χ3n) is 3.40. The van der Waals surface area contributed by atoms with Crippen LogP contribution in [0.1, 0.15) is 52.4 Å². The smallest absolute Gasteiger partial charge is 0.227 e. The Bertz CT molecular complexity index is 392. The van der Waals surface area contributed by atoms with Crippen molar-refractivity contribution in [2.45, 2.75) is 52.4 Å². The number of unbranched alkanes of at least 4 members (excludes halogenated alkanes) is 3. The molecule has 0 saturated heterocycles. The first kappa shape index (κ1) is 16.0. The number of carbonyl (C=O) groups excluding carboxylic acids is 1. The van der Waals surface area contributed by atoms with Gasteiger partial charge in [0.1, 0.15) is 0 Å². The molecule has 1 atom stereocenters. The van der Waals surface area contributed by atoms with Gasteiger partial charge in [-0.15, -0.1) is 0 Å². The molecule has 0 radical (unpaired) electrons. The van der Waals surface area contributed by atoms with Crippen LogP contribution in [0.2, 0.25) is 5.02 Å². The summed E-state index contributed by atoms with van der Waals surface area (Å²) in [7, 11) is 0. The van der Waals surface area contributed by atoms with E-state index in [2.05, 4.69) is 19.2 Å². The van der Waals surface area contributed by atoms with E-state index in [9.17, 15) is 4.79 Å². The van der Waals surface area contributed by atoms with E-state index in [1.54, 1.807) is 6.07 Å². The molecule has 0 aromatic heterocycles. The van der Waals surface area contributed by atoms with Crippen LogP contribution in [0.5, 0.6) is 0 Å². The molecule has 0 bridgehead atoms. The summed E-state index contributed by atoms with van der Waals surface area (Å²) in [6, 6.07) is 7.37. The van der Waals surface area contributed by atoms with Gasteiger partial charge in [0.05, 0.1) is 10.7 Å². The summed E-state index contributed by atoms with van der Waals surface area (Å²) < 4.78 is 0. The summed E-state index contributed by atoms with van der Waals surface area (Å²) in [5.74, 6) is 0.181. The maximum Gasteiger partial charge on any atom is 0.227 e. The lowest BCUT2D eigenvalue weighted by Gasteiger charge is -2.15. The zero-order chi connectivity index (χ0) is 14.1. The minimum atomic E-state index is 0.0899. The SMILES string of the molecule is CCCCCCC(CC)C(=O)Nc1ccccc1Cl. The predicted octanol–water partition coefficient (Wildman–Crippen LogP) is 5.28. The van der Waals surface area contributed by atoms with Gasteiger partial charge in [-0.05, 0) is 25.0 Å². The Hall–Kier alpha value is -1.02. The standard InChI is InChI=1S/C16H24ClNO/c1-3-5-6-7-10-13(4-2)16(19)18-15-12-9-8-11-14(15)17/h8-9,11-13H,3-7,10H2,1-2H3,(H,18,19). The van der Waals surface area contributed by atoms with E-state index in [1.165, 1.54) is 19.3 Å². The lowest BCUT2D eigenvalue weighted by atomic mass is 9.97. The Morgan fingerprint density at radius 1 is 1.21 bits per heavy atom. The quantitative estimate of drug-likeness (QED) is 0.646. The molecule has 1 rings (SSSR count). The monoisotopic (exact) mass is 281 g/mol. The minimum absolute atomic E-state index is 0.0899. The van der Waals surface area contributed by atoms with Crippen LogP contribution in [-0.2, 0) is 4.79 Å². The van der Waals surface area contributed by atoms with Crippen LogP contribution in [0.25, 0.3) is 0 Å². The molecule has 2 nitrogen and oxygen atoms in total. The summed E-state index contributed by atoms with van der Waals surface area (Å²) in [6.45, 7) is 4.26. The molecule has 0 heterocycles. The number of hydrogen-bond acceptors (Lipinski definition) is 1. The van der Waals surface area contributed by atoms with Gasteiger partial charge in [0, 0.05) is 5.92 Å². The third-order valence-corrected chi connectivity index (χ3v) is 3.73. The van der Waals surface area contributed by atoms with Gasteiger partial charge in [-0.2, -0.15) is 0 Å². The number of halogens is 1. The first-order chi connectivity index (χ1) is 9.19. The van der Waals surface area contributed by atoms with Gasteiger partial charge in [0.2, 0.25) is 5.91 Å². The van der Waals surface area contributed by atoms with E-state index in [1.807, 2.05) is 18.2 Å². The van der Waals surface area contributed by atoms with Gasteiger partial charge in [0.25, 0.3) is 0 Å². The molecule has 0 spiro atoms. The number of carbonyl (C=O) groups is 1. The first-order valence-electron chi connectivity index (χ1n) is 7.24. The van der Waals surface area contributed by atoms with Crippen molar-refractivity contribution >= 4 is 23.2 Å². The summed E-state index contributed by atoms with van der Waals surface area (Å²) >= 11 is 6.05. The number of anilines is 1. The molecule has 19 heavy (non-hydrogen) atoms. The molecule has 106 valence electrons. The maximum absolute atomic E-state index is 12.2. The summed E-state index contributed by atoms with van der Waals surface area (Å²) in [6.07, 6.45) is 6.66. The van der Waals surface area contributed by atoms with Crippen LogP contribution in [0.15, 0.2) is 24.3 Å². The van der Waals surface area contributed by atoms with E-state index in [4.69, 9.17) is 11.6 Å². The van der Waals surface area contributed by atoms with Crippen molar-refractivity contribution in [2.75, 3.05) is 5.32 Å². The first-order valence-corrected chi connectivity index (χ1v) is 7.62. The second-order valence-electron chi connectivity index (χ2n) is 4.92. The molecular weight excluding hydrogens is 258 g/mol. The molecule has 0 fully saturated rings. The van der Waals surface area contributed by atoms with Crippen LogP contribution in [0, 0.1) is 5.92 Å². The fraction of sp³-hybridized carbons (Fsp3) is 0.562. The van der Waals surface area contributed by atoms with E-state index in [0.717, 1.165) is 19.3 Å². The second-order valence-corrected chi connectivity index (χ2v) is 5.33. The third kappa shape index (κ3) is 5.65. The number of hydrogen-bond donors (Lipinski definition) is 1.